The van der Waals surface area contributed by atoms with Crippen LogP contribution in [-0.4, -0.2) is 29.6 Å². The van der Waals surface area contributed by atoms with Crippen LogP contribution in [0.2, 0.25) is 0 Å². The fourth-order valence-corrected chi connectivity index (χ4v) is 1.92. The monoisotopic (exact) mass is 263 g/mol. The minimum Gasteiger partial charge on any atom is -0.443 e. The number of hydrogen-bond acceptors (Lipinski definition) is 4. The Hall–Kier alpha value is -2.11. The smallest absolute Gasteiger partial charge is 0.414 e. The molecule has 0 fully saturated rings. The van der Waals surface area contributed by atoms with E-state index in [4.69, 9.17) is 4.74 Å². The summed E-state index contributed by atoms with van der Waals surface area (Å²) in [5.41, 5.74) is 1.19. The summed E-state index contributed by atoms with van der Waals surface area (Å²) in [6, 6.07) is 1.68. The molecular weight excluding hydrogens is 246 g/mol. The Balaban J connectivity index is 2.22. The number of carbonyl (C=O) groups is 2. The maximum absolute atomic E-state index is 12.1. The van der Waals surface area contributed by atoms with Crippen LogP contribution in [0.15, 0.2) is 12.3 Å². The minimum absolute atomic E-state index is 0.380. The van der Waals surface area contributed by atoms with Crippen molar-refractivity contribution in [3.63, 3.8) is 0 Å². The lowest BCUT2D eigenvalue weighted by Crippen LogP contribution is -2.35. The summed E-state index contributed by atoms with van der Waals surface area (Å²) < 4.78 is 5.35. The van der Waals surface area contributed by atoms with Crippen molar-refractivity contribution >= 4 is 24.0 Å². The largest absolute Gasteiger partial charge is 0.443 e. The van der Waals surface area contributed by atoms with Crippen LogP contribution >= 0.6 is 0 Å². The van der Waals surface area contributed by atoms with Crippen molar-refractivity contribution in [1.82, 2.24) is 4.98 Å². The predicted molar refractivity (Wildman–Crippen MR) is 71.2 cm³/mol. The van der Waals surface area contributed by atoms with Crippen LogP contribution in [0.1, 0.15) is 26.3 Å². The SMILES string of the molecule is CC(C)(C)OC(=O)N1CCc2cnc(NC=O)cc21. The molecule has 0 atom stereocenters. The van der Waals surface area contributed by atoms with Gasteiger partial charge in [0, 0.05) is 18.8 Å². The molecule has 1 aromatic rings. The van der Waals surface area contributed by atoms with Crippen molar-refractivity contribution in [3.05, 3.63) is 17.8 Å². The lowest BCUT2D eigenvalue weighted by atomic mass is 10.2. The molecular formula is C13H17N3O3. The van der Waals surface area contributed by atoms with Gasteiger partial charge < -0.3 is 10.1 Å². The fraction of sp³-hybridized carbons (Fsp3) is 0.462. The average Bonchev–Trinajstić information content (AvgIpc) is 2.70. The highest BCUT2D eigenvalue weighted by Crippen LogP contribution is 2.30. The number of pyridine rings is 1. The Bertz CT molecular complexity index is 508. The molecule has 0 spiro atoms. The number of nitrogens with one attached hydrogen (secondary N) is 1. The molecule has 102 valence electrons. The Morgan fingerprint density at radius 1 is 1.53 bits per heavy atom. The van der Waals surface area contributed by atoms with Crippen molar-refractivity contribution in [2.75, 3.05) is 16.8 Å². The molecule has 0 radical (unpaired) electrons. The van der Waals surface area contributed by atoms with Gasteiger partial charge >= 0.3 is 6.09 Å². The highest BCUT2D eigenvalue weighted by atomic mass is 16.6. The van der Waals surface area contributed by atoms with E-state index in [0.717, 1.165) is 17.7 Å². The summed E-state index contributed by atoms with van der Waals surface area (Å²) in [5.74, 6) is 0.421. The Morgan fingerprint density at radius 2 is 2.26 bits per heavy atom. The van der Waals surface area contributed by atoms with Gasteiger partial charge in [0.15, 0.2) is 0 Å². The summed E-state index contributed by atoms with van der Waals surface area (Å²) in [6.07, 6.45) is 2.59. The third kappa shape index (κ3) is 3.01. The van der Waals surface area contributed by atoms with E-state index < -0.39 is 5.60 Å². The van der Waals surface area contributed by atoms with Crippen molar-refractivity contribution in [3.8, 4) is 0 Å². The number of amides is 2. The van der Waals surface area contributed by atoms with Gasteiger partial charge in [0.2, 0.25) is 6.41 Å². The first kappa shape index (κ1) is 13.3. The van der Waals surface area contributed by atoms with E-state index in [1.807, 2.05) is 20.8 Å². The molecule has 1 N–H and O–H groups in total. The van der Waals surface area contributed by atoms with Crippen molar-refractivity contribution < 1.29 is 14.3 Å². The quantitative estimate of drug-likeness (QED) is 0.828. The molecule has 1 aliphatic rings. The lowest BCUT2D eigenvalue weighted by Gasteiger charge is -2.24. The van der Waals surface area contributed by atoms with Crippen LogP contribution in [0.3, 0.4) is 0 Å². The van der Waals surface area contributed by atoms with E-state index in [2.05, 4.69) is 10.3 Å². The Kier molecular flexibility index (Phi) is 3.42. The first-order chi connectivity index (χ1) is 8.90. The second-order valence-electron chi connectivity index (χ2n) is 5.34. The Labute approximate surface area is 111 Å². The molecule has 0 bridgehead atoms. The number of fused-ring (bicyclic) bond motifs is 1. The zero-order valence-corrected chi connectivity index (χ0v) is 11.3. The molecule has 0 unspecified atom stereocenters. The number of rotatable bonds is 2. The summed E-state index contributed by atoms with van der Waals surface area (Å²) in [5, 5.41) is 2.47. The molecule has 0 aromatic carbocycles. The maximum atomic E-state index is 12.1. The molecule has 2 amide bonds. The van der Waals surface area contributed by atoms with E-state index in [-0.39, 0.29) is 6.09 Å². The number of nitrogens with zero attached hydrogens (tertiary/aromatic N) is 2. The molecule has 2 rings (SSSR count). The average molecular weight is 263 g/mol. The molecule has 2 heterocycles. The molecule has 1 aromatic heterocycles. The summed E-state index contributed by atoms with van der Waals surface area (Å²) in [6.45, 7) is 6.05. The van der Waals surface area contributed by atoms with Gasteiger partial charge in [0.05, 0.1) is 5.69 Å². The van der Waals surface area contributed by atoms with Crippen LogP contribution in [-0.2, 0) is 16.0 Å². The number of carbonyl (C=O) groups excluding carboxylic acids is 2. The fourth-order valence-electron chi connectivity index (χ4n) is 1.92. The molecule has 0 saturated carbocycles. The van der Waals surface area contributed by atoms with E-state index in [1.54, 1.807) is 17.2 Å². The summed E-state index contributed by atoms with van der Waals surface area (Å²) >= 11 is 0. The number of anilines is 2. The van der Waals surface area contributed by atoms with E-state index in [0.29, 0.717) is 18.8 Å². The van der Waals surface area contributed by atoms with E-state index in [1.165, 1.54) is 0 Å². The van der Waals surface area contributed by atoms with Crippen LogP contribution in [0.5, 0.6) is 0 Å². The minimum atomic E-state index is -0.531. The van der Waals surface area contributed by atoms with Gasteiger partial charge in [0.1, 0.15) is 11.4 Å². The van der Waals surface area contributed by atoms with Crippen molar-refractivity contribution in [2.24, 2.45) is 0 Å². The zero-order valence-electron chi connectivity index (χ0n) is 11.3. The zero-order chi connectivity index (χ0) is 14.0. The molecule has 6 heteroatoms. The van der Waals surface area contributed by atoms with Gasteiger partial charge in [-0.15, -0.1) is 0 Å². The highest BCUT2D eigenvalue weighted by molar-refractivity contribution is 5.91. The highest BCUT2D eigenvalue weighted by Gasteiger charge is 2.29. The van der Waals surface area contributed by atoms with Gasteiger partial charge in [0.25, 0.3) is 0 Å². The van der Waals surface area contributed by atoms with E-state index in [9.17, 15) is 9.59 Å². The van der Waals surface area contributed by atoms with Crippen LogP contribution in [0.25, 0.3) is 0 Å². The standard InChI is InChI=1S/C13H17N3O3/c1-13(2,3)19-12(18)16-5-4-9-7-14-11(15-8-17)6-10(9)16/h6-8H,4-5H2,1-3H3,(H,14,15,17). The van der Waals surface area contributed by atoms with Gasteiger partial charge in [-0.05, 0) is 32.8 Å². The third-order valence-electron chi connectivity index (χ3n) is 2.68. The van der Waals surface area contributed by atoms with E-state index >= 15 is 0 Å². The lowest BCUT2D eigenvalue weighted by molar-refractivity contribution is -0.105. The number of aromatic nitrogens is 1. The number of ether oxygens (including phenoxy) is 1. The van der Waals surface area contributed by atoms with Crippen LogP contribution < -0.4 is 10.2 Å². The van der Waals surface area contributed by atoms with Crippen molar-refractivity contribution in [1.29, 1.82) is 0 Å². The molecule has 0 aliphatic carbocycles. The molecule has 6 nitrogen and oxygen atoms in total. The predicted octanol–water partition coefficient (Wildman–Crippen LogP) is 1.95. The first-order valence-corrected chi connectivity index (χ1v) is 6.10. The van der Waals surface area contributed by atoms with Gasteiger partial charge in [-0.25, -0.2) is 9.78 Å². The van der Waals surface area contributed by atoms with Gasteiger partial charge in [-0.1, -0.05) is 0 Å². The van der Waals surface area contributed by atoms with Crippen LogP contribution in [0, 0.1) is 0 Å². The molecule has 0 saturated heterocycles. The Morgan fingerprint density at radius 3 is 2.89 bits per heavy atom. The maximum Gasteiger partial charge on any atom is 0.414 e. The summed E-state index contributed by atoms with van der Waals surface area (Å²) in [4.78, 5) is 28.2. The second-order valence-corrected chi connectivity index (χ2v) is 5.34. The normalized spacial score (nSPS) is 13.9. The second kappa shape index (κ2) is 4.87. The van der Waals surface area contributed by atoms with Gasteiger partial charge in [-0.3, -0.25) is 9.69 Å². The third-order valence-corrected chi connectivity index (χ3v) is 2.68. The first-order valence-electron chi connectivity index (χ1n) is 6.10. The number of hydrogen-bond donors (Lipinski definition) is 1. The summed E-state index contributed by atoms with van der Waals surface area (Å²) in [7, 11) is 0. The van der Waals surface area contributed by atoms with Gasteiger partial charge in [-0.2, -0.15) is 0 Å². The van der Waals surface area contributed by atoms with Crippen molar-refractivity contribution in [2.45, 2.75) is 32.8 Å². The molecule has 1 aliphatic heterocycles. The topological polar surface area (TPSA) is 71.5 Å². The van der Waals surface area contributed by atoms with Crippen LogP contribution in [0.4, 0.5) is 16.3 Å². The molecule has 19 heavy (non-hydrogen) atoms.